The summed E-state index contributed by atoms with van der Waals surface area (Å²) in [5.74, 6) is -0.164. The molecular formula is C12H18N2O2. The van der Waals surface area contributed by atoms with E-state index in [9.17, 15) is 4.79 Å². The van der Waals surface area contributed by atoms with Crippen LogP contribution in [0.25, 0.3) is 0 Å². The summed E-state index contributed by atoms with van der Waals surface area (Å²) in [5.41, 5.74) is 8.58. The number of nitrogens with two attached hydrogens (primary N) is 1. The lowest BCUT2D eigenvalue weighted by atomic mass is 9.94. The second kappa shape index (κ2) is 4.70. The van der Waals surface area contributed by atoms with Gasteiger partial charge in [-0.15, -0.1) is 0 Å². The van der Waals surface area contributed by atoms with Crippen molar-refractivity contribution in [3.63, 3.8) is 0 Å². The van der Waals surface area contributed by atoms with E-state index in [0.717, 1.165) is 19.3 Å². The van der Waals surface area contributed by atoms with Crippen molar-refractivity contribution in [2.75, 3.05) is 7.11 Å². The molecule has 1 aliphatic rings. The van der Waals surface area contributed by atoms with E-state index in [0.29, 0.717) is 13.0 Å². The molecule has 1 aromatic heterocycles. The third-order valence-corrected chi connectivity index (χ3v) is 3.23. The molecule has 1 unspecified atom stereocenters. The molecule has 2 rings (SSSR count). The molecule has 0 aliphatic heterocycles. The van der Waals surface area contributed by atoms with Crippen molar-refractivity contribution >= 4 is 5.97 Å². The molecule has 0 fully saturated rings. The predicted octanol–water partition coefficient (Wildman–Crippen LogP) is 1.39. The van der Waals surface area contributed by atoms with E-state index in [4.69, 9.17) is 5.73 Å². The van der Waals surface area contributed by atoms with Crippen molar-refractivity contribution in [2.24, 2.45) is 5.73 Å². The number of fused-ring (bicyclic) bond motifs is 1. The largest absolute Gasteiger partial charge is 0.469 e. The van der Waals surface area contributed by atoms with Crippen LogP contribution >= 0.6 is 0 Å². The number of esters is 1. The van der Waals surface area contributed by atoms with Crippen molar-refractivity contribution in [2.45, 2.75) is 38.3 Å². The van der Waals surface area contributed by atoms with Gasteiger partial charge in [0.25, 0.3) is 0 Å². The van der Waals surface area contributed by atoms with E-state index in [-0.39, 0.29) is 12.0 Å². The molecule has 4 nitrogen and oxygen atoms in total. The van der Waals surface area contributed by atoms with Crippen LogP contribution in [-0.4, -0.2) is 17.6 Å². The summed E-state index contributed by atoms with van der Waals surface area (Å²) in [6.45, 7) is 0.689. The first-order valence-corrected chi connectivity index (χ1v) is 5.72. The van der Waals surface area contributed by atoms with Gasteiger partial charge in [0.1, 0.15) is 0 Å². The van der Waals surface area contributed by atoms with Crippen molar-refractivity contribution in [3.8, 4) is 0 Å². The number of nitrogens with zero attached hydrogens (tertiary/aromatic N) is 1. The highest BCUT2D eigenvalue weighted by Gasteiger charge is 2.20. The summed E-state index contributed by atoms with van der Waals surface area (Å²) < 4.78 is 6.77. The van der Waals surface area contributed by atoms with E-state index >= 15 is 0 Å². The normalized spacial score (nSPS) is 19.2. The first-order chi connectivity index (χ1) is 7.72. The fourth-order valence-electron chi connectivity index (χ4n) is 2.32. The molecule has 1 aromatic rings. The zero-order valence-electron chi connectivity index (χ0n) is 9.61. The number of methoxy groups -OCH3 is 1. The van der Waals surface area contributed by atoms with Crippen molar-refractivity contribution < 1.29 is 9.53 Å². The Kier molecular flexibility index (Phi) is 3.29. The molecular weight excluding hydrogens is 204 g/mol. The number of hydrogen-bond donors (Lipinski definition) is 1. The van der Waals surface area contributed by atoms with Crippen LogP contribution in [0, 0.1) is 0 Å². The van der Waals surface area contributed by atoms with Crippen LogP contribution < -0.4 is 5.73 Å². The number of aryl methyl sites for hydroxylation is 1. The van der Waals surface area contributed by atoms with Gasteiger partial charge in [0.05, 0.1) is 13.5 Å². The minimum absolute atomic E-state index is 0.164. The maximum atomic E-state index is 11.1. The molecule has 2 N–H and O–H groups in total. The van der Waals surface area contributed by atoms with Gasteiger partial charge in [-0.1, -0.05) is 0 Å². The lowest BCUT2D eigenvalue weighted by Gasteiger charge is -2.20. The van der Waals surface area contributed by atoms with Crippen molar-refractivity contribution in [3.05, 3.63) is 23.5 Å². The van der Waals surface area contributed by atoms with Crippen LogP contribution in [-0.2, 0) is 22.5 Å². The molecule has 16 heavy (non-hydrogen) atoms. The average Bonchev–Trinajstić information content (AvgIpc) is 2.70. The predicted molar refractivity (Wildman–Crippen MR) is 60.9 cm³/mol. The number of aromatic nitrogens is 1. The summed E-state index contributed by atoms with van der Waals surface area (Å²) in [5, 5.41) is 0. The van der Waals surface area contributed by atoms with Crippen molar-refractivity contribution in [1.82, 2.24) is 4.57 Å². The highest BCUT2D eigenvalue weighted by molar-refractivity contribution is 5.69. The molecule has 0 aromatic carbocycles. The molecule has 88 valence electrons. The maximum absolute atomic E-state index is 11.1. The van der Waals surface area contributed by atoms with Crippen LogP contribution in [0.15, 0.2) is 12.3 Å². The smallest absolute Gasteiger partial charge is 0.307 e. The van der Waals surface area contributed by atoms with Gasteiger partial charge in [0, 0.05) is 24.5 Å². The lowest BCUT2D eigenvalue weighted by molar-refractivity contribution is -0.140. The van der Waals surface area contributed by atoms with Gasteiger partial charge in [-0.3, -0.25) is 4.79 Å². The number of carbonyl (C=O) groups excluding carboxylic acids is 1. The van der Waals surface area contributed by atoms with E-state index in [1.807, 2.05) is 6.20 Å². The highest BCUT2D eigenvalue weighted by Crippen LogP contribution is 2.28. The second-order valence-electron chi connectivity index (χ2n) is 4.24. The molecule has 0 amide bonds. The van der Waals surface area contributed by atoms with Crippen LogP contribution in [0.1, 0.15) is 36.6 Å². The standard InChI is InChI=1S/C12H18N2O2/c1-16-12(15)6-8-14-7-5-9-10(13)3-2-4-11(9)14/h5,7,10H,2-4,6,8,13H2,1H3. The Balaban J connectivity index is 2.08. The second-order valence-corrected chi connectivity index (χ2v) is 4.24. The fraction of sp³-hybridized carbons (Fsp3) is 0.583. The topological polar surface area (TPSA) is 57.2 Å². The molecule has 0 bridgehead atoms. The van der Waals surface area contributed by atoms with Gasteiger partial charge in [-0.25, -0.2) is 0 Å². The Bertz CT molecular complexity index is 384. The molecule has 0 spiro atoms. The summed E-state index contributed by atoms with van der Waals surface area (Å²) >= 11 is 0. The van der Waals surface area contributed by atoms with Crippen LogP contribution in [0.4, 0.5) is 0 Å². The number of hydrogen-bond acceptors (Lipinski definition) is 3. The van der Waals surface area contributed by atoms with Gasteiger partial charge in [-0.2, -0.15) is 0 Å². The summed E-state index contributed by atoms with van der Waals surface area (Å²) in [4.78, 5) is 11.1. The zero-order valence-corrected chi connectivity index (χ0v) is 9.61. The van der Waals surface area contributed by atoms with Crippen LogP contribution in [0.5, 0.6) is 0 Å². The van der Waals surface area contributed by atoms with Gasteiger partial charge in [0.15, 0.2) is 0 Å². The molecule has 1 heterocycles. The van der Waals surface area contributed by atoms with Gasteiger partial charge >= 0.3 is 5.97 Å². The Morgan fingerprint density at radius 1 is 1.69 bits per heavy atom. The van der Waals surface area contributed by atoms with Crippen LogP contribution in [0.2, 0.25) is 0 Å². The Morgan fingerprint density at radius 2 is 2.50 bits per heavy atom. The minimum Gasteiger partial charge on any atom is -0.469 e. The molecule has 0 saturated carbocycles. The zero-order chi connectivity index (χ0) is 11.5. The van der Waals surface area contributed by atoms with Gasteiger partial charge in [0.2, 0.25) is 0 Å². The Labute approximate surface area is 95.4 Å². The maximum Gasteiger partial charge on any atom is 0.307 e. The minimum atomic E-state index is -0.164. The number of ether oxygens (including phenoxy) is 1. The monoisotopic (exact) mass is 222 g/mol. The number of rotatable bonds is 3. The SMILES string of the molecule is COC(=O)CCn1ccc2c1CCCC2N. The molecule has 1 aliphatic carbocycles. The van der Waals surface area contributed by atoms with E-state index in [1.165, 1.54) is 18.4 Å². The molecule has 0 radical (unpaired) electrons. The Morgan fingerprint density at radius 3 is 3.25 bits per heavy atom. The van der Waals surface area contributed by atoms with Crippen molar-refractivity contribution in [1.29, 1.82) is 0 Å². The van der Waals surface area contributed by atoms with E-state index in [2.05, 4.69) is 15.4 Å². The highest BCUT2D eigenvalue weighted by atomic mass is 16.5. The fourth-order valence-corrected chi connectivity index (χ4v) is 2.32. The lowest BCUT2D eigenvalue weighted by Crippen LogP contribution is -2.18. The summed E-state index contributed by atoms with van der Waals surface area (Å²) in [6.07, 6.45) is 5.72. The number of carbonyl (C=O) groups is 1. The molecule has 4 heteroatoms. The average molecular weight is 222 g/mol. The molecule has 1 atom stereocenters. The summed E-state index contributed by atoms with van der Waals surface area (Å²) in [6, 6.07) is 2.25. The third-order valence-electron chi connectivity index (χ3n) is 3.23. The van der Waals surface area contributed by atoms with E-state index in [1.54, 1.807) is 0 Å². The Hall–Kier alpha value is -1.29. The molecule has 0 saturated heterocycles. The van der Waals surface area contributed by atoms with Gasteiger partial charge < -0.3 is 15.0 Å². The first-order valence-electron chi connectivity index (χ1n) is 5.72. The van der Waals surface area contributed by atoms with E-state index < -0.39 is 0 Å². The van der Waals surface area contributed by atoms with Gasteiger partial charge in [-0.05, 0) is 30.9 Å². The van der Waals surface area contributed by atoms with Crippen LogP contribution in [0.3, 0.4) is 0 Å². The quantitative estimate of drug-likeness (QED) is 0.786. The first kappa shape index (κ1) is 11.2. The third kappa shape index (κ3) is 2.11. The summed E-state index contributed by atoms with van der Waals surface area (Å²) in [7, 11) is 1.42.